The highest BCUT2D eigenvalue weighted by molar-refractivity contribution is 4.95. The van der Waals surface area contributed by atoms with Crippen LogP contribution in [0.2, 0.25) is 0 Å². The number of rotatable bonds is 0. The molecule has 0 spiro atoms. The molecule has 2 fully saturated rings. The molecule has 0 aromatic heterocycles. The lowest BCUT2D eigenvalue weighted by Gasteiger charge is -2.50. The van der Waals surface area contributed by atoms with Crippen molar-refractivity contribution in [3.63, 3.8) is 0 Å². The summed E-state index contributed by atoms with van der Waals surface area (Å²) in [6.45, 7) is 4.67. The molecule has 0 radical (unpaired) electrons. The summed E-state index contributed by atoms with van der Waals surface area (Å²) in [7, 11) is 0. The zero-order chi connectivity index (χ0) is 9.47. The smallest absolute Gasteiger partial charge is 0.0596 e. The Balaban J connectivity index is 2.13. The van der Waals surface area contributed by atoms with Gasteiger partial charge in [-0.15, -0.1) is 0 Å². The van der Waals surface area contributed by atoms with Crippen LogP contribution in [-0.2, 0) is 0 Å². The first-order chi connectivity index (χ1) is 6.13. The highest BCUT2D eigenvalue weighted by Crippen LogP contribution is 2.51. The third kappa shape index (κ3) is 1.52. The Kier molecular flexibility index (Phi) is 2.39. The first-order valence-corrected chi connectivity index (χ1v) is 5.81. The van der Waals surface area contributed by atoms with Crippen molar-refractivity contribution in [3.8, 4) is 0 Å². The van der Waals surface area contributed by atoms with Crippen LogP contribution in [0.25, 0.3) is 0 Å². The van der Waals surface area contributed by atoms with E-state index < -0.39 is 0 Å². The fourth-order valence-corrected chi connectivity index (χ4v) is 3.41. The summed E-state index contributed by atoms with van der Waals surface area (Å²) in [6, 6.07) is 0. The second-order valence-corrected chi connectivity index (χ2v) is 5.53. The Morgan fingerprint density at radius 3 is 2.77 bits per heavy atom. The monoisotopic (exact) mass is 182 g/mol. The topological polar surface area (TPSA) is 20.2 Å². The van der Waals surface area contributed by atoms with Crippen molar-refractivity contribution >= 4 is 0 Å². The molecule has 4 unspecified atom stereocenters. The van der Waals surface area contributed by atoms with E-state index in [1.54, 1.807) is 0 Å². The van der Waals surface area contributed by atoms with E-state index in [1.807, 2.05) is 0 Å². The summed E-state index contributed by atoms with van der Waals surface area (Å²) in [5, 5.41) is 10.0. The molecule has 0 heterocycles. The minimum absolute atomic E-state index is 0.0150. The molecule has 0 aromatic carbocycles. The van der Waals surface area contributed by atoms with Crippen LogP contribution in [0.15, 0.2) is 0 Å². The van der Waals surface area contributed by atoms with Gasteiger partial charge in [-0.25, -0.2) is 0 Å². The van der Waals surface area contributed by atoms with E-state index in [2.05, 4.69) is 13.8 Å². The Labute approximate surface area is 81.5 Å². The van der Waals surface area contributed by atoms with E-state index in [-0.39, 0.29) is 11.5 Å². The molecule has 2 aliphatic carbocycles. The molecule has 13 heavy (non-hydrogen) atoms. The first kappa shape index (κ1) is 9.51. The SMILES string of the molecule is CC1CCC2(C)C(O)CCCC2C1. The summed E-state index contributed by atoms with van der Waals surface area (Å²) in [5.74, 6) is 1.70. The number of aliphatic hydroxyl groups is 1. The fraction of sp³-hybridized carbons (Fsp3) is 1.00. The van der Waals surface area contributed by atoms with Gasteiger partial charge in [0.05, 0.1) is 6.10 Å². The molecule has 0 aromatic rings. The van der Waals surface area contributed by atoms with Crippen LogP contribution in [0.5, 0.6) is 0 Å². The molecule has 0 aliphatic heterocycles. The van der Waals surface area contributed by atoms with Crippen molar-refractivity contribution in [2.24, 2.45) is 17.3 Å². The number of aliphatic hydroxyl groups excluding tert-OH is 1. The minimum atomic E-state index is -0.0150. The third-order valence-corrected chi connectivity index (χ3v) is 4.59. The molecule has 0 amide bonds. The number of fused-ring (bicyclic) bond motifs is 1. The Bertz CT molecular complexity index is 190. The van der Waals surface area contributed by atoms with Gasteiger partial charge in [-0.3, -0.25) is 0 Å². The molecule has 1 heteroatoms. The molecular weight excluding hydrogens is 160 g/mol. The van der Waals surface area contributed by atoms with E-state index in [9.17, 15) is 5.11 Å². The Morgan fingerprint density at radius 2 is 2.00 bits per heavy atom. The van der Waals surface area contributed by atoms with E-state index >= 15 is 0 Å². The van der Waals surface area contributed by atoms with Crippen molar-refractivity contribution in [3.05, 3.63) is 0 Å². The third-order valence-electron chi connectivity index (χ3n) is 4.59. The van der Waals surface area contributed by atoms with Crippen LogP contribution in [-0.4, -0.2) is 11.2 Å². The maximum atomic E-state index is 10.0. The van der Waals surface area contributed by atoms with Gasteiger partial charge in [0, 0.05) is 0 Å². The van der Waals surface area contributed by atoms with Gasteiger partial charge in [-0.2, -0.15) is 0 Å². The second-order valence-electron chi connectivity index (χ2n) is 5.53. The highest BCUT2D eigenvalue weighted by atomic mass is 16.3. The lowest BCUT2D eigenvalue weighted by atomic mass is 9.57. The van der Waals surface area contributed by atoms with Gasteiger partial charge in [-0.05, 0) is 42.9 Å². The molecule has 0 saturated heterocycles. The average molecular weight is 182 g/mol. The van der Waals surface area contributed by atoms with Gasteiger partial charge in [0.1, 0.15) is 0 Å². The highest BCUT2D eigenvalue weighted by Gasteiger charge is 2.45. The lowest BCUT2D eigenvalue weighted by Crippen LogP contribution is -2.45. The van der Waals surface area contributed by atoms with Crippen molar-refractivity contribution in [2.75, 3.05) is 0 Å². The lowest BCUT2D eigenvalue weighted by molar-refractivity contribution is -0.0748. The zero-order valence-corrected chi connectivity index (χ0v) is 8.92. The van der Waals surface area contributed by atoms with E-state index in [4.69, 9.17) is 0 Å². The maximum Gasteiger partial charge on any atom is 0.0596 e. The Morgan fingerprint density at radius 1 is 1.23 bits per heavy atom. The number of hydrogen-bond acceptors (Lipinski definition) is 1. The molecule has 2 saturated carbocycles. The first-order valence-electron chi connectivity index (χ1n) is 5.81. The largest absolute Gasteiger partial charge is 0.393 e. The molecule has 2 rings (SSSR count). The van der Waals surface area contributed by atoms with Crippen LogP contribution in [0.3, 0.4) is 0 Å². The molecule has 0 bridgehead atoms. The Hall–Kier alpha value is -0.0400. The standard InChI is InChI=1S/C12H22O/c1-9-6-7-12(2)10(8-9)4-3-5-11(12)13/h9-11,13H,3-8H2,1-2H3. The van der Waals surface area contributed by atoms with Crippen LogP contribution < -0.4 is 0 Å². The second kappa shape index (κ2) is 3.27. The summed E-state index contributed by atoms with van der Waals surface area (Å²) in [4.78, 5) is 0. The fourth-order valence-electron chi connectivity index (χ4n) is 3.41. The average Bonchev–Trinajstić information content (AvgIpc) is 2.09. The molecule has 2 aliphatic rings. The normalized spacial score (nSPS) is 51.5. The summed E-state index contributed by atoms with van der Waals surface area (Å²) in [5.41, 5.74) is 0.269. The van der Waals surface area contributed by atoms with Crippen LogP contribution in [0, 0.1) is 17.3 Å². The maximum absolute atomic E-state index is 10.0. The van der Waals surface area contributed by atoms with Gasteiger partial charge < -0.3 is 5.11 Å². The summed E-state index contributed by atoms with van der Waals surface area (Å²) >= 11 is 0. The van der Waals surface area contributed by atoms with Crippen LogP contribution in [0.4, 0.5) is 0 Å². The van der Waals surface area contributed by atoms with Gasteiger partial charge in [-0.1, -0.05) is 26.7 Å². The van der Waals surface area contributed by atoms with Crippen LogP contribution in [0.1, 0.15) is 52.4 Å². The minimum Gasteiger partial charge on any atom is -0.393 e. The van der Waals surface area contributed by atoms with Gasteiger partial charge in [0.25, 0.3) is 0 Å². The van der Waals surface area contributed by atoms with E-state index in [0.717, 1.165) is 18.3 Å². The molecule has 1 N–H and O–H groups in total. The molecule has 1 nitrogen and oxygen atoms in total. The van der Waals surface area contributed by atoms with Gasteiger partial charge in [0.15, 0.2) is 0 Å². The van der Waals surface area contributed by atoms with E-state index in [0.29, 0.717) is 0 Å². The summed E-state index contributed by atoms with van der Waals surface area (Å²) in [6.07, 6.45) is 7.56. The van der Waals surface area contributed by atoms with Crippen LogP contribution >= 0.6 is 0 Å². The molecular formula is C12H22O. The zero-order valence-electron chi connectivity index (χ0n) is 8.92. The van der Waals surface area contributed by atoms with Gasteiger partial charge >= 0.3 is 0 Å². The number of hydrogen-bond donors (Lipinski definition) is 1. The molecule has 76 valence electrons. The van der Waals surface area contributed by atoms with Crippen molar-refractivity contribution in [1.82, 2.24) is 0 Å². The van der Waals surface area contributed by atoms with Crippen molar-refractivity contribution in [2.45, 2.75) is 58.5 Å². The predicted molar refractivity (Wildman–Crippen MR) is 54.5 cm³/mol. The molecule has 4 atom stereocenters. The quantitative estimate of drug-likeness (QED) is 0.610. The van der Waals surface area contributed by atoms with E-state index in [1.165, 1.54) is 32.1 Å². The predicted octanol–water partition coefficient (Wildman–Crippen LogP) is 2.97. The van der Waals surface area contributed by atoms with Crippen molar-refractivity contribution < 1.29 is 5.11 Å². The summed E-state index contributed by atoms with van der Waals surface area (Å²) < 4.78 is 0. The van der Waals surface area contributed by atoms with Gasteiger partial charge in [0.2, 0.25) is 0 Å². The van der Waals surface area contributed by atoms with Crippen molar-refractivity contribution in [1.29, 1.82) is 0 Å².